The van der Waals surface area contributed by atoms with Gasteiger partial charge in [-0.1, -0.05) is 11.6 Å². The maximum Gasteiger partial charge on any atom is 0.254 e. The van der Waals surface area contributed by atoms with Crippen LogP contribution in [0.5, 0.6) is 5.75 Å². The molecule has 106 valence electrons. The molecule has 0 radical (unpaired) electrons. The molecule has 7 heteroatoms. The van der Waals surface area contributed by atoms with Gasteiger partial charge >= 0.3 is 0 Å². The van der Waals surface area contributed by atoms with Crippen molar-refractivity contribution in [3.05, 3.63) is 35.0 Å². The normalized spacial score (nSPS) is 10.5. The smallest absolute Gasteiger partial charge is 0.254 e. The molecule has 0 unspecified atom stereocenters. The molecule has 0 aliphatic carbocycles. The summed E-state index contributed by atoms with van der Waals surface area (Å²) in [7, 11) is 1.58. The van der Waals surface area contributed by atoms with Gasteiger partial charge in [0, 0.05) is 17.0 Å². The predicted molar refractivity (Wildman–Crippen MR) is 79.3 cm³/mol. The van der Waals surface area contributed by atoms with Crippen molar-refractivity contribution in [1.82, 2.24) is 10.4 Å². The molecule has 1 amide bonds. The fourth-order valence-corrected chi connectivity index (χ4v) is 1.84. The molecule has 1 aromatic carbocycles. The first kappa shape index (κ1) is 14.8. The van der Waals surface area contributed by atoms with E-state index in [4.69, 9.17) is 21.6 Å². The average molecular weight is 303 g/mol. The Labute approximate surface area is 126 Å². The van der Waals surface area contributed by atoms with Gasteiger partial charge in [0.05, 0.1) is 24.9 Å². The highest BCUT2D eigenvalue weighted by molar-refractivity contribution is 6.32. The number of methoxy groups -OCH3 is 1. The summed E-state index contributed by atoms with van der Waals surface area (Å²) in [5.41, 5.74) is 3.49. The first-order valence-electron chi connectivity index (χ1n) is 5.97. The maximum atomic E-state index is 11.1. The van der Waals surface area contributed by atoms with E-state index in [1.165, 1.54) is 6.21 Å². The Bertz CT molecular complexity index is 752. The van der Waals surface area contributed by atoms with Crippen LogP contribution in [0.4, 0.5) is 0 Å². The third-order valence-electron chi connectivity index (χ3n) is 2.64. The summed E-state index contributed by atoms with van der Waals surface area (Å²) in [6.07, 6.45) is 1.13. The molecule has 0 spiro atoms. The number of carbonyl (C=O) groups is 1. The highest BCUT2D eigenvalue weighted by atomic mass is 35.5. The largest absolute Gasteiger partial charge is 0.497 e. The van der Waals surface area contributed by atoms with Crippen LogP contribution in [0.25, 0.3) is 10.9 Å². The van der Waals surface area contributed by atoms with E-state index >= 15 is 0 Å². The number of halogens is 1. The Hall–Kier alpha value is -2.65. The summed E-state index contributed by atoms with van der Waals surface area (Å²) in [4.78, 5) is 15.3. The molecule has 6 nitrogen and oxygen atoms in total. The quantitative estimate of drug-likeness (QED) is 0.533. The van der Waals surface area contributed by atoms with Gasteiger partial charge in [-0.2, -0.15) is 10.4 Å². The summed E-state index contributed by atoms with van der Waals surface area (Å²) in [6, 6.07) is 8.96. The molecule has 1 N–H and O–H groups in total. The molecule has 0 aliphatic heterocycles. The number of benzene rings is 1. The summed E-state index contributed by atoms with van der Waals surface area (Å²) in [5.74, 6) is 0.208. The summed E-state index contributed by atoms with van der Waals surface area (Å²) >= 11 is 6.07. The Morgan fingerprint density at radius 2 is 2.38 bits per heavy atom. The van der Waals surface area contributed by atoms with Crippen LogP contribution < -0.4 is 10.2 Å². The number of ether oxygens (including phenoxy) is 1. The number of carbonyl (C=O) groups excluding carboxylic acids is 1. The average Bonchev–Trinajstić information content (AvgIpc) is 2.47. The molecule has 2 rings (SSSR count). The van der Waals surface area contributed by atoms with E-state index in [9.17, 15) is 4.79 Å². The van der Waals surface area contributed by atoms with Crippen LogP contribution in [-0.2, 0) is 4.79 Å². The highest BCUT2D eigenvalue weighted by Gasteiger charge is 2.05. The van der Waals surface area contributed by atoms with Gasteiger partial charge in [0.2, 0.25) is 0 Å². The highest BCUT2D eigenvalue weighted by Crippen LogP contribution is 2.23. The topological polar surface area (TPSA) is 87.4 Å². The third kappa shape index (κ3) is 3.68. The van der Waals surface area contributed by atoms with Gasteiger partial charge in [0.15, 0.2) is 0 Å². The number of hydrogen-bond acceptors (Lipinski definition) is 5. The SMILES string of the molecule is COc1ccc2cc(C=NNC(=O)CC#N)c(Cl)nc2c1. The lowest BCUT2D eigenvalue weighted by Crippen LogP contribution is -2.16. The van der Waals surface area contributed by atoms with Gasteiger partial charge in [0.1, 0.15) is 17.3 Å². The van der Waals surface area contributed by atoms with Gasteiger partial charge in [-0.25, -0.2) is 10.4 Å². The van der Waals surface area contributed by atoms with Crippen molar-refractivity contribution in [2.45, 2.75) is 6.42 Å². The second kappa shape index (κ2) is 6.68. The van der Waals surface area contributed by atoms with Crippen LogP contribution in [0.15, 0.2) is 29.4 Å². The second-order valence-corrected chi connectivity index (χ2v) is 4.41. The van der Waals surface area contributed by atoms with Crippen molar-refractivity contribution < 1.29 is 9.53 Å². The monoisotopic (exact) mass is 302 g/mol. The van der Waals surface area contributed by atoms with Crippen molar-refractivity contribution in [2.24, 2.45) is 5.10 Å². The van der Waals surface area contributed by atoms with Crippen LogP contribution in [0, 0.1) is 11.3 Å². The Kier molecular flexibility index (Phi) is 4.69. The van der Waals surface area contributed by atoms with Gasteiger partial charge in [-0.15, -0.1) is 0 Å². The zero-order chi connectivity index (χ0) is 15.2. The molecule has 0 aliphatic rings. The minimum atomic E-state index is -0.483. The van der Waals surface area contributed by atoms with Crippen LogP contribution in [0.3, 0.4) is 0 Å². The van der Waals surface area contributed by atoms with Gasteiger partial charge in [0.25, 0.3) is 5.91 Å². The van der Waals surface area contributed by atoms with Gasteiger partial charge in [-0.05, 0) is 18.2 Å². The predicted octanol–water partition coefficient (Wildman–Crippen LogP) is 2.26. The molecule has 0 bridgehead atoms. The zero-order valence-electron chi connectivity index (χ0n) is 11.1. The Morgan fingerprint density at radius 1 is 1.57 bits per heavy atom. The van der Waals surface area contributed by atoms with E-state index in [-0.39, 0.29) is 11.6 Å². The van der Waals surface area contributed by atoms with Crippen LogP contribution in [-0.4, -0.2) is 24.2 Å². The number of hydrazone groups is 1. The molecular weight excluding hydrogens is 292 g/mol. The Balaban J connectivity index is 2.25. The standard InChI is InChI=1S/C14H11ClN4O2/c1-21-11-3-2-9-6-10(14(15)18-12(9)7-11)8-17-19-13(20)4-5-16/h2-3,6-8H,4H2,1H3,(H,19,20). The van der Waals surface area contributed by atoms with Gasteiger partial charge < -0.3 is 4.74 Å². The number of nitrogens with zero attached hydrogens (tertiary/aromatic N) is 3. The van der Waals surface area contributed by atoms with E-state index in [1.54, 1.807) is 25.3 Å². The third-order valence-corrected chi connectivity index (χ3v) is 2.94. The van der Waals surface area contributed by atoms with Crippen molar-refractivity contribution in [1.29, 1.82) is 5.26 Å². The first-order chi connectivity index (χ1) is 10.1. The van der Waals surface area contributed by atoms with E-state index in [2.05, 4.69) is 15.5 Å². The van der Waals surface area contributed by atoms with Crippen molar-refractivity contribution in [3.8, 4) is 11.8 Å². The van der Waals surface area contributed by atoms with E-state index in [1.807, 2.05) is 12.1 Å². The number of fused-ring (bicyclic) bond motifs is 1. The van der Waals surface area contributed by atoms with Crippen LogP contribution in [0.1, 0.15) is 12.0 Å². The van der Waals surface area contributed by atoms with E-state index < -0.39 is 5.91 Å². The summed E-state index contributed by atoms with van der Waals surface area (Å²) < 4.78 is 5.12. The lowest BCUT2D eigenvalue weighted by atomic mass is 10.1. The molecular formula is C14H11ClN4O2. The molecule has 0 saturated carbocycles. The zero-order valence-corrected chi connectivity index (χ0v) is 11.9. The number of hydrogen-bond donors (Lipinski definition) is 1. The number of pyridine rings is 1. The maximum absolute atomic E-state index is 11.1. The second-order valence-electron chi connectivity index (χ2n) is 4.06. The first-order valence-corrected chi connectivity index (χ1v) is 6.35. The molecule has 1 aromatic heterocycles. The summed E-state index contributed by atoms with van der Waals surface area (Å²) in [6.45, 7) is 0. The number of amides is 1. The van der Waals surface area contributed by atoms with Crippen molar-refractivity contribution in [3.63, 3.8) is 0 Å². The van der Waals surface area contributed by atoms with E-state index in [0.29, 0.717) is 16.8 Å². The molecule has 0 fully saturated rings. The van der Waals surface area contributed by atoms with Crippen LogP contribution in [0.2, 0.25) is 5.15 Å². The fraction of sp³-hybridized carbons (Fsp3) is 0.143. The number of nitriles is 1. The minimum absolute atomic E-state index is 0.249. The number of aromatic nitrogens is 1. The molecule has 2 aromatic rings. The lowest BCUT2D eigenvalue weighted by Gasteiger charge is -2.04. The molecule has 1 heterocycles. The lowest BCUT2D eigenvalue weighted by molar-refractivity contribution is -0.120. The van der Waals surface area contributed by atoms with E-state index in [0.717, 1.165) is 5.39 Å². The number of rotatable bonds is 4. The molecule has 21 heavy (non-hydrogen) atoms. The summed E-state index contributed by atoms with van der Waals surface area (Å²) in [5, 5.41) is 13.2. The van der Waals surface area contributed by atoms with Gasteiger partial charge in [-0.3, -0.25) is 4.79 Å². The fourth-order valence-electron chi connectivity index (χ4n) is 1.64. The minimum Gasteiger partial charge on any atom is -0.497 e. The number of nitrogens with one attached hydrogen (secondary N) is 1. The molecule has 0 saturated heterocycles. The van der Waals surface area contributed by atoms with Crippen molar-refractivity contribution in [2.75, 3.05) is 7.11 Å². The van der Waals surface area contributed by atoms with Crippen LogP contribution >= 0.6 is 11.6 Å². The van der Waals surface area contributed by atoms with Crippen molar-refractivity contribution >= 4 is 34.6 Å². The Morgan fingerprint density at radius 3 is 3.10 bits per heavy atom. The molecule has 0 atom stereocenters.